The topological polar surface area (TPSA) is 12.5 Å². The minimum Gasteiger partial charge on any atom is -0.497 e. The molecule has 2 nitrogen and oxygen atoms in total. The highest BCUT2D eigenvalue weighted by atomic mass is 16.5. The number of allylic oxidation sites excluding steroid dienone is 1. The number of piperidine rings is 1. The van der Waals surface area contributed by atoms with Gasteiger partial charge < -0.3 is 4.74 Å². The molecule has 25 heavy (non-hydrogen) atoms. The largest absolute Gasteiger partial charge is 0.497 e. The smallest absolute Gasteiger partial charge is 0.119 e. The van der Waals surface area contributed by atoms with Gasteiger partial charge in [-0.2, -0.15) is 0 Å². The van der Waals surface area contributed by atoms with Crippen molar-refractivity contribution in [2.24, 2.45) is 17.8 Å². The first-order chi connectivity index (χ1) is 12.1. The molecule has 1 aliphatic heterocycles. The van der Waals surface area contributed by atoms with Gasteiger partial charge in [0.1, 0.15) is 5.75 Å². The van der Waals surface area contributed by atoms with Gasteiger partial charge in [0.25, 0.3) is 0 Å². The summed E-state index contributed by atoms with van der Waals surface area (Å²) in [5.41, 5.74) is 4.94. The Morgan fingerprint density at radius 2 is 2.12 bits per heavy atom. The molecule has 1 aromatic rings. The van der Waals surface area contributed by atoms with Crippen LogP contribution in [0.15, 0.2) is 30.4 Å². The van der Waals surface area contributed by atoms with E-state index in [4.69, 9.17) is 4.74 Å². The van der Waals surface area contributed by atoms with Crippen LogP contribution in [0.3, 0.4) is 0 Å². The van der Waals surface area contributed by atoms with Gasteiger partial charge in [-0.15, -0.1) is 0 Å². The van der Waals surface area contributed by atoms with Gasteiger partial charge in [-0.1, -0.05) is 25.1 Å². The van der Waals surface area contributed by atoms with E-state index in [9.17, 15) is 0 Å². The van der Waals surface area contributed by atoms with Gasteiger partial charge in [0, 0.05) is 18.0 Å². The van der Waals surface area contributed by atoms with E-state index >= 15 is 0 Å². The quantitative estimate of drug-likeness (QED) is 0.749. The van der Waals surface area contributed by atoms with E-state index in [2.05, 4.69) is 36.6 Å². The normalized spacial score (nSPS) is 37.4. The second-order valence-electron chi connectivity index (χ2n) is 9.27. The lowest BCUT2D eigenvalue weighted by atomic mass is 9.49. The molecule has 0 spiro atoms. The number of rotatable bonds is 3. The zero-order valence-electron chi connectivity index (χ0n) is 15.8. The number of likely N-dealkylation sites (tertiary alicyclic amines) is 1. The fourth-order valence-electron chi connectivity index (χ4n) is 6.58. The lowest BCUT2D eigenvalue weighted by Gasteiger charge is -2.61. The first-order valence-electron chi connectivity index (χ1n) is 10.2. The predicted molar refractivity (Wildman–Crippen MR) is 102 cm³/mol. The Hall–Kier alpha value is -1.28. The highest BCUT2D eigenvalue weighted by Crippen LogP contribution is 2.59. The summed E-state index contributed by atoms with van der Waals surface area (Å²) in [5.74, 6) is 3.53. The average molecular weight is 338 g/mol. The Labute approximate surface area is 152 Å². The molecule has 0 unspecified atom stereocenters. The Morgan fingerprint density at radius 1 is 1.28 bits per heavy atom. The van der Waals surface area contributed by atoms with Gasteiger partial charge in [-0.25, -0.2) is 0 Å². The number of benzene rings is 1. The number of hydrogen-bond donors (Lipinski definition) is 0. The van der Waals surface area contributed by atoms with Crippen LogP contribution >= 0.6 is 0 Å². The molecule has 3 fully saturated rings. The Morgan fingerprint density at radius 3 is 2.88 bits per heavy atom. The van der Waals surface area contributed by atoms with Crippen molar-refractivity contribution in [2.45, 2.75) is 56.9 Å². The third-order valence-corrected chi connectivity index (χ3v) is 7.63. The lowest BCUT2D eigenvalue weighted by Crippen LogP contribution is -2.63. The molecule has 1 aromatic carbocycles. The molecule has 0 amide bonds. The first kappa shape index (κ1) is 15.9. The lowest BCUT2D eigenvalue weighted by molar-refractivity contribution is -0.0283. The number of nitrogens with zero attached hydrogens (tertiary/aromatic N) is 1. The van der Waals surface area contributed by atoms with Crippen molar-refractivity contribution < 1.29 is 4.74 Å². The van der Waals surface area contributed by atoms with Gasteiger partial charge in [-0.3, -0.25) is 4.90 Å². The van der Waals surface area contributed by atoms with Crippen LogP contribution in [0, 0.1) is 17.8 Å². The van der Waals surface area contributed by atoms with Crippen molar-refractivity contribution in [2.75, 3.05) is 20.2 Å². The van der Waals surface area contributed by atoms with E-state index in [1.54, 1.807) is 18.2 Å². The van der Waals surface area contributed by atoms with Crippen LogP contribution in [-0.4, -0.2) is 31.1 Å². The number of hydrogen-bond acceptors (Lipinski definition) is 2. The van der Waals surface area contributed by atoms with Crippen LogP contribution in [0.4, 0.5) is 0 Å². The maximum absolute atomic E-state index is 5.60. The summed E-state index contributed by atoms with van der Waals surface area (Å²) in [7, 11) is 1.79. The molecule has 0 aromatic heterocycles. The van der Waals surface area contributed by atoms with Gasteiger partial charge >= 0.3 is 0 Å². The average Bonchev–Trinajstić information content (AvgIpc) is 3.40. The first-order valence-corrected chi connectivity index (χ1v) is 10.2. The number of fused-ring (bicyclic) bond motifs is 1. The molecular weight excluding hydrogens is 306 g/mol. The van der Waals surface area contributed by atoms with Gasteiger partial charge in [0.15, 0.2) is 0 Å². The minimum atomic E-state index is 0.307. The summed E-state index contributed by atoms with van der Waals surface area (Å²) in [6.07, 6.45) is 7.85. The SMILES string of the molecule is C=C1C[C@H](C)[C@H]2[C@H]3Cc4ccc(OC)cc4[C@@]2(CCN3CC2CC2)C1. The molecule has 4 atom stereocenters. The fraction of sp³-hybridized carbons (Fsp3) is 0.652. The molecule has 2 bridgehead atoms. The number of methoxy groups -OCH3 is 1. The van der Waals surface area contributed by atoms with Crippen LogP contribution < -0.4 is 4.74 Å². The van der Waals surface area contributed by atoms with E-state index in [-0.39, 0.29) is 0 Å². The zero-order chi connectivity index (χ0) is 17.2. The van der Waals surface area contributed by atoms with E-state index in [1.807, 2.05) is 0 Å². The van der Waals surface area contributed by atoms with Crippen molar-refractivity contribution >= 4 is 0 Å². The van der Waals surface area contributed by atoms with Crippen molar-refractivity contribution in [1.29, 1.82) is 0 Å². The zero-order valence-corrected chi connectivity index (χ0v) is 15.8. The van der Waals surface area contributed by atoms with E-state index < -0.39 is 0 Å². The fourth-order valence-corrected chi connectivity index (χ4v) is 6.58. The van der Waals surface area contributed by atoms with Gasteiger partial charge in [0.05, 0.1) is 7.11 Å². The molecular formula is C23H31NO. The van der Waals surface area contributed by atoms with Crippen LogP contribution in [-0.2, 0) is 11.8 Å². The van der Waals surface area contributed by atoms with Crippen LogP contribution in [0.1, 0.15) is 50.2 Å². The summed E-state index contributed by atoms with van der Waals surface area (Å²) in [6, 6.07) is 7.61. The van der Waals surface area contributed by atoms with E-state index in [1.165, 1.54) is 57.2 Å². The molecule has 1 saturated heterocycles. The third kappa shape index (κ3) is 2.40. The van der Waals surface area contributed by atoms with E-state index in [0.29, 0.717) is 5.41 Å². The van der Waals surface area contributed by atoms with Gasteiger partial charge in [-0.05, 0) is 86.1 Å². The Kier molecular flexibility index (Phi) is 3.57. The monoisotopic (exact) mass is 337 g/mol. The molecule has 134 valence electrons. The third-order valence-electron chi connectivity index (χ3n) is 7.63. The maximum Gasteiger partial charge on any atom is 0.119 e. The van der Waals surface area contributed by atoms with Crippen molar-refractivity contribution in [1.82, 2.24) is 4.90 Å². The molecule has 1 heterocycles. The highest BCUT2D eigenvalue weighted by molar-refractivity contribution is 5.47. The summed E-state index contributed by atoms with van der Waals surface area (Å²) in [4.78, 5) is 2.87. The molecule has 4 aliphatic rings. The van der Waals surface area contributed by atoms with Crippen molar-refractivity contribution in [3.05, 3.63) is 41.5 Å². The van der Waals surface area contributed by atoms with Gasteiger partial charge in [0.2, 0.25) is 0 Å². The van der Waals surface area contributed by atoms with Crippen LogP contribution in [0.25, 0.3) is 0 Å². The summed E-state index contributed by atoms with van der Waals surface area (Å²) < 4.78 is 5.60. The molecule has 5 rings (SSSR count). The second kappa shape index (κ2) is 5.61. The summed E-state index contributed by atoms with van der Waals surface area (Å²) in [5, 5.41) is 0. The molecule has 2 saturated carbocycles. The Balaban J connectivity index is 1.62. The minimum absolute atomic E-state index is 0.307. The predicted octanol–water partition coefficient (Wildman–Crippen LogP) is 4.58. The van der Waals surface area contributed by atoms with Crippen LogP contribution in [0.5, 0.6) is 5.75 Å². The van der Waals surface area contributed by atoms with E-state index in [0.717, 1.165) is 29.5 Å². The highest BCUT2D eigenvalue weighted by Gasteiger charge is 2.57. The van der Waals surface area contributed by atoms with Crippen molar-refractivity contribution in [3.63, 3.8) is 0 Å². The standard InChI is InChI=1S/C23H31NO/c1-15-10-16(2)22-21-11-18-6-7-19(25-3)12-20(18)23(22,13-15)8-9-24(21)14-17-4-5-17/h6-7,12,16-17,21-22H,1,4-5,8-11,13-14H2,2-3H3/t16-,21+,22-,23+/m0/s1. The number of ether oxygens (including phenoxy) is 1. The molecule has 3 aliphatic carbocycles. The molecule has 0 radical (unpaired) electrons. The maximum atomic E-state index is 5.60. The second-order valence-corrected chi connectivity index (χ2v) is 9.27. The summed E-state index contributed by atoms with van der Waals surface area (Å²) >= 11 is 0. The summed E-state index contributed by atoms with van der Waals surface area (Å²) in [6.45, 7) is 9.55. The van der Waals surface area contributed by atoms with Crippen LogP contribution in [0.2, 0.25) is 0 Å². The molecule has 0 N–H and O–H groups in total. The molecule has 2 heteroatoms. The Bertz CT molecular complexity index is 706. The van der Waals surface area contributed by atoms with Crippen molar-refractivity contribution in [3.8, 4) is 5.75 Å².